The Morgan fingerprint density at radius 3 is 3.06 bits per heavy atom. The Morgan fingerprint density at radius 2 is 2.33 bits per heavy atom. The molecule has 1 aromatic rings. The Kier molecular flexibility index (Phi) is 4.19. The fourth-order valence-corrected chi connectivity index (χ4v) is 2.41. The molecule has 1 aliphatic heterocycles. The van der Waals surface area contributed by atoms with Crippen LogP contribution >= 0.6 is 11.6 Å². The van der Waals surface area contributed by atoms with Gasteiger partial charge >= 0.3 is 0 Å². The summed E-state index contributed by atoms with van der Waals surface area (Å²) in [5, 5.41) is 3.14. The molecule has 0 saturated carbocycles. The van der Waals surface area contributed by atoms with Crippen molar-refractivity contribution < 1.29 is 9.18 Å². The highest BCUT2D eigenvalue weighted by molar-refractivity contribution is 6.31. The highest BCUT2D eigenvalue weighted by Crippen LogP contribution is 2.21. The lowest BCUT2D eigenvalue weighted by molar-refractivity contribution is 0.0693. The van der Waals surface area contributed by atoms with Gasteiger partial charge in [0.1, 0.15) is 0 Å². The van der Waals surface area contributed by atoms with Gasteiger partial charge in [-0.1, -0.05) is 17.7 Å². The van der Waals surface area contributed by atoms with E-state index in [1.165, 1.54) is 12.1 Å². The molecule has 1 amide bonds. The smallest absolute Gasteiger partial charge is 0.256 e. The molecule has 1 atom stereocenters. The number of nitrogens with zero attached hydrogens (tertiary/aromatic N) is 1. The predicted molar refractivity (Wildman–Crippen MR) is 69.4 cm³/mol. The monoisotopic (exact) mass is 270 g/mol. The van der Waals surface area contributed by atoms with Gasteiger partial charge < -0.3 is 10.2 Å². The van der Waals surface area contributed by atoms with Gasteiger partial charge in [-0.25, -0.2) is 4.39 Å². The fraction of sp³-hybridized carbons (Fsp3) is 0.462. The number of piperidine rings is 1. The first-order valence-electron chi connectivity index (χ1n) is 6.04. The largest absolute Gasteiger partial charge is 0.337 e. The Hall–Kier alpha value is -1.13. The molecule has 1 saturated heterocycles. The molecule has 3 nitrogen and oxygen atoms in total. The van der Waals surface area contributed by atoms with Crippen LogP contribution in [0.25, 0.3) is 0 Å². The zero-order valence-electron chi connectivity index (χ0n) is 10.2. The molecule has 0 bridgehead atoms. The van der Waals surface area contributed by atoms with Crippen LogP contribution in [0.15, 0.2) is 18.2 Å². The van der Waals surface area contributed by atoms with Crippen molar-refractivity contribution in [3.8, 4) is 0 Å². The van der Waals surface area contributed by atoms with E-state index in [-0.39, 0.29) is 22.5 Å². The van der Waals surface area contributed by atoms with Gasteiger partial charge in [0.05, 0.1) is 10.6 Å². The van der Waals surface area contributed by atoms with Crippen LogP contribution in [0.3, 0.4) is 0 Å². The van der Waals surface area contributed by atoms with Crippen LogP contribution in [0.1, 0.15) is 23.2 Å². The lowest BCUT2D eigenvalue weighted by Crippen LogP contribution is -2.47. The second kappa shape index (κ2) is 5.67. The number of amides is 1. The zero-order chi connectivity index (χ0) is 13.1. The van der Waals surface area contributed by atoms with Crippen LogP contribution in [0, 0.1) is 5.82 Å². The average Bonchev–Trinajstić information content (AvgIpc) is 2.41. The third kappa shape index (κ3) is 2.65. The highest BCUT2D eigenvalue weighted by atomic mass is 35.5. The molecule has 0 radical (unpaired) electrons. The second-order valence-electron chi connectivity index (χ2n) is 4.48. The van der Waals surface area contributed by atoms with Crippen LogP contribution < -0.4 is 5.32 Å². The normalized spacial score (nSPS) is 19.9. The van der Waals surface area contributed by atoms with Crippen LogP contribution in [-0.2, 0) is 0 Å². The van der Waals surface area contributed by atoms with Gasteiger partial charge in [-0.15, -0.1) is 0 Å². The van der Waals surface area contributed by atoms with Crippen molar-refractivity contribution in [1.82, 2.24) is 10.2 Å². The molecule has 98 valence electrons. The number of carbonyl (C=O) groups excluding carboxylic acids is 1. The summed E-state index contributed by atoms with van der Waals surface area (Å²) in [7, 11) is 1.87. The molecular weight excluding hydrogens is 255 g/mol. The summed E-state index contributed by atoms with van der Waals surface area (Å²) >= 11 is 5.69. The molecule has 2 rings (SSSR count). The van der Waals surface area contributed by atoms with E-state index in [1.807, 2.05) is 7.05 Å². The van der Waals surface area contributed by atoms with Crippen LogP contribution in [-0.4, -0.2) is 37.0 Å². The number of carbonyl (C=O) groups is 1. The first kappa shape index (κ1) is 13.3. The van der Waals surface area contributed by atoms with Crippen LogP contribution in [0.5, 0.6) is 0 Å². The van der Waals surface area contributed by atoms with Gasteiger partial charge in [0.2, 0.25) is 0 Å². The maximum absolute atomic E-state index is 13.8. The fourth-order valence-electron chi connectivity index (χ4n) is 2.24. The molecule has 18 heavy (non-hydrogen) atoms. The predicted octanol–water partition coefficient (Wildman–Crippen LogP) is 2.30. The first-order valence-corrected chi connectivity index (χ1v) is 6.42. The molecule has 1 aliphatic rings. The maximum Gasteiger partial charge on any atom is 0.256 e. The van der Waals surface area contributed by atoms with Gasteiger partial charge in [0.15, 0.2) is 5.82 Å². The first-order chi connectivity index (χ1) is 8.63. The maximum atomic E-state index is 13.8. The highest BCUT2D eigenvalue weighted by Gasteiger charge is 2.25. The van der Waals surface area contributed by atoms with Crippen LogP contribution in [0.2, 0.25) is 5.02 Å². The van der Waals surface area contributed by atoms with E-state index >= 15 is 0 Å². The summed E-state index contributed by atoms with van der Waals surface area (Å²) in [6.45, 7) is 1.28. The molecule has 0 aliphatic carbocycles. The summed E-state index contributed by atoms with van der Waals surface area (Å²) in [5.41, 5.74) is 0.0549. The third-order valence-corrected chi connectivity index (χ3v) is 3.59. The molecule has 0 spiro atoms. The molecule has 0 aromatic heterocycles. The number of hydrogen-bond donors (Lipinski definition) is 1. The summed E-state index contributed by atoms with van der Waals surface area (Å²) in [6.07, 6.45) is 1.97. The quantitative estimate of drug-likeness (QED) is 0.894. The summed E-state index contributed by atoms with van der Waals surface area (Å²) < 4.78 is 13.8. The number of nitrogens with one attached hydrogen (secondary N) is 1. The number of likely N-dealkylation sites (N-methyl/N-ethyl adjacent to an activating group) is 1. The zero-order valence-corrected chi connectivity index (χ0v) is 11.0. The Morgan fingerprint density at radius 1 is 1.56 bits per heavy atom. The standard InChI is InChI=1S/C13H16ClFN2O/c1-16-9-4-3-7-17(8-9)13(18)10-5-2-6-11(14)12(10)15/h2,5-6,9,16H,3-4,7-8H2,1H3. The van der Waals surface area contributed by atoms with E-state index in [9.17, 15) is 9.18 Å². The molecule has 1 N–H and O–H groups in total. The van der Waals surface area contributed by atoms with Crippen molar-refractivity contribution in [2.75, 3.05) is 20.1 Å². The minimum absolute atomic E-state index is 0.0111. The van der Waals surface area contributed by atoms with E-state index in [1.54, 1.807) is 11.0 Å². The minimum Gasteiger partial charge on any atom is -0.337 e. The van der Waals surface area contributed by atoms with Crippen molar-refractivity contribution in [3.05, 3.63) is 34.6 Å². The Labute approximate surface area is 111 Å². The van der Waals surface area contributed by atoms with Crippen molar-refractivity contribution in [2.24, 2.45) is 0 Å². The molecule has 1 heterocycles. The molecule has 1 aromatic carbocycles. The number of halogens is 2. The van der Waals surface area contributed by atoms with Gasteiger partial charge in [0, 0.05) is 19.1 Å². The molecular formula is C13H16ClFN2O. The van der Waals surface area contributed by atoms with E-state index in [4.69, 9.17) is 11.6 Å². The number of likely N-dealkylation sites (tertiary alicyclic amines) is 1. The topological polar surface area (TPSA) is 32.3 Å². The van der Waals surface area contributed by atoms with Crippen molar-refractivity contribution in [1.29, 1.82) is 0 Å². The van der Waals surface area contributed by atoms with E-state index < -0.39 is 5.82 Å². The van der Waals surface area contributed by atoms with Gasteiger partial charge in [-0.3, -0.25) is 4.79 Å². The van der Waals surface area contributed by atoms with E-state index in [0.29, 0.717) is 13.1 Å². The van der Waals surface area contributed by atoms with Crippen molar-refractivity contribution >= 4 is 17.5 Å². The Balaban J connectivity index is 2.18. The lowest BCUT2D eigenvalue weighted by Gasteiger charge is -2.32. The third-order valence-electron chi connectivity index (χ3n) is 3.30. The number of benzene rings is 1. The van der Waals surface area contributed by atoms with Gasteiger partial charge in [-0.2, -0.15) is 0 Å². The summed E-state index contributed by atoms with van der Waals surface area (Å²) in [6, 6.07) is 4.80. The van der Waals surface area contributed by atoms with E-state index in [2.05, 4.69) is 5.32 Å². The molecule has 1 unspecified atom stereocenters. The number of hydrogen-bond acceptors (Lipinski definition) is 2. The van der Waals surface area contributed by atoms with Crippen molar-refractivity contribution in [2.45, 2.75) is 18.9 Å². The lowest BCUT2D eigenvalue weighted by atomic mass is 10.0. The minimum atomic E-state index is -0.629. The van der Waals surface area contributed by atoms with Gasteiger partial charge in [0.25, 0.3) is 5.91 Å². The van der Waals surface area contributed by atoms with Crippen LogP contribution in [0.4, 0.5) is 4.39 Å². The Bertz CT molecular complexity index is 453. The SMILES string of the molecule is CNC1CCCN(C(=O)c2cccc(Cl)c2F)C1. The molecule has 5 heteroatoms. The average molecular weight is 271 g/mol. The summed E-state index contributed by atoms with van der Waals surface area (Å²) in [5.74, 6) is -0.911. The van der Waals surface area contributed by atoms with Gasteiger partial charge in [-0.05, 0) is 32.0 Å². The number of rotatable bonds is 2. The van der Waals surface area contributed by atoms with Crippen molar-refractivity contribution in [3.63, 3.8) is 0 Å². The second-order valence-corrected chi connectivity index (χ2v) is 4.89. The van der Waals surface area contributed by atoms with E-state index in [0.717, 1.165) is 12.8 Å². The summed E-state index contributed by atoms with van der Waals surface area (Å²) in [4.78, 5) is 13.9. The molecule has 1 fully saturated rings.